The van der Waals surface area contributed by atoms with Gasteiger partial charge < -0.3 is 0 Å². The first-order chi connectivity index (χ1) is 20.2. The molecule has 3 aliphatic carbocycles. The predicted octanol–water partition coefficient (Wildman–Crippen LogP) is 3.55. The van der Waals surface area contributed by atoms with Gasteiger partial charge in [-0.25, -0.2) is 9.80 Å². The van der Waals surface area contributed by atoms with Gasteiger partial charge in [-0.15, -0.1) is 0 Å². The molecule has 5 aliphatic rings. The first-order valence-corrected chi connectivity index (χ1v) is 13.2. The number of rotatable bonds is 5. The number of non-ortho nitro benzene ring substituents is 2. The highest BCUT2D eigenvalue weighted by Crippen LogP contribution is 2.65. The van der Waals surface area contributed by atoms with Crippen LogP contribution in [0.1, 0.15) is 5.56 Å². The van der Waals surface area contributed by atoms with E-state index in [2.05, 4.69) is 0 Å². The van der Waals surface area contributed by atoms with Crippen molar-refractivity contribution in [2.45, 2.75) is 5.41 Å². The van der Waals surface area contributed by atoms with Crippen molar-refractivity contribution in [2.24, 2.45) is 29.6 Å². The van der Waals surface area contributed by atoms with Crippen LogP contribution < -0.4 is 9.80 Å². The van der Waals surface area contributed by atoms with Crippen molar-refractivity contribution in [3.05, 3.63) is 117 Å². The molecule has 2 saturated heterocycles. The maximum atomic E-state index is 14.3. The summed E-state index contributed by atoms with van der Waals surface area (Å²) >= 11 is 0. The average molecular weight is 565 g/mol. The Bertz CT molecular complexity index is 1680. The Morgan fingerprint density at radius 2 is 1.10 bits per heavy atom. The number of hydrogen-bond donors (Lipinski definition) is 0. The number of imide groups is 2. The number of carbonyl (C=O) groups is 4. The lowest BCUT2D eigenvalue weighted by molar-refractivity contribution is -0.385. The molecule has 3 aromatic carbocycles. The molecule has 8 rings (SSSR count). The molecule has 4 amide bonds. The zero-order valence-corrected chi connectivity index (χ0v) is 21.6. The van der Waals surface area contributed by atoms with Crippen LogP contribution in [0.15, 0.2) is 91.0 Å². The Kier molecular flexibility index (Phi) is 5.29. The second-order valence-corrected chi connectivity index (χ2v) is 10.8. The van der Waals surface area contributed by atoms with Crippen LogP contribution in [-0.2, 0) is 24.6 Å². The van der Waals surface area contributed by atoms with Gasteiger partial charge in [0.25, 0.3) is 11.4 Å². The molecule has 2 unspecified atom stereocenters. The summed E-state index contributed by atoms with van der Waals surface area (Å²) in [4.78, 5) is 80.1. The van der Waals surface area contributed by atoms with E-state index in [1.54, 1.807) is 42.5 Å². The number of nitrogens with zero attached hydrogens (tertiary/aromatic N) is 4. The summed E-state index contributed by atoms with van der Waals surface area (Å²) in [5, 5.41) is 22.9. The van der Waals surface area contributed by atoms with E-state index in [9.17, 15) is 39.4 Å². The Morgan fingerprint density at radius 1 is 0.619 bits per heavy atom. The summed E-state index contributed by atoms with van der Waals surface area (Å²) < 4.78 is 0. The van der Waals surface area contributed by atoms with E-state index in [-0.39, 0.29) is 22.7 Å². The van der Waals surface area contributed by atoms with Crippen LogP contribution in [0.4, 0.5) is 22.7 Å². The third kappa shape index (κ3) is 3.17. The molecule has 0 aromatic heterocycles. The van der Waals surface area contributed by atoms with Gasteiger partial charge in [0.1, 0.15) is 0 Å². The van der Waals surface area contributed by atoms with Crippen molar-refractivity contribution in [3.63, 3.8) is 0 Å². The van der Waals surface area contributed by atoms with E-state index >= 15 is 0 Å². The maximum absolute atomic E-state index is 14.3. The first kappa shape index (κ1) is 25.4. The molecular weight excluding hydrogens is 544 g/mol. The van der Waals surface area contributed by atoms with Crippen LogP contribution in [0, 0.1) is 49.8 Å². The van der Waals surface area contributed by atoms with Crippen LogP contribution in [0.2, 0.25) is 0 Å². The predicted molar refractivity (Wildman–Crippen MR) is 146 cm³/mol. The van der Waals surface area contributed by atoms with Crippen molar-refractivity contribution in [1.29, 1.82) is 0 Å². The van der Waals surface area contributed by atoms with Crippen molar-refractivity contribution >= 4 is 46.4 Å². The zero-order chi connectivity index (χ0) is 29.5. The Balaban J connectivity index is 1.40. The second kappa shape index (κ2) is 8.74. The van der Waals surface area contributed by atoms with Gasteiger partial charge in [-0.2, -0.15) is 0 Å². The molecule has 3 fully saturated rings. The Labute approximate surface area is 237 Å². The topological polar surface area (TPSA) is 161 Å². The van der Waals surface area contributed by atoms with Crippen LogP contribution in [0.5, 0.6) is 0 Å². The smallest absolute Gasteiger partial charge is 0.271 e. The lowest BCUT2D eigenvalue weighted by Crippen LogP contribution is -2.60. The normalized spacial score (nSPS) is 29.2. The molecule has 12 heteroatoms. The number of nitro benzene ring substituents is 2. The second-order valence-electron chi connectivity index (χ2n) is 10.8. The highest BCUT2D eigenvalue weighted by molar-refractivity contribution is 6.27. The number of carbonyl (C=O) groups excluding carboxylic acids is 4. The summed E-state index contributed by atoms with van der Waals surface area (Å²) in [5.74, 6) is -7.40. The minimum atomic E-state index is -1.39. The van der Waals surface area contributed by atoms with E-state index in [4.69, 9.17) is 0 Å². The summed E-state index contributed by atoms with van der Waals surface area (Å²) in [6.45, 7) is 0. The Hall–Kier alpha value is -5.52. The van der Waals surface area contributed by atoms with Crippen LogP contribution >= 0.6 is 0 Å². The molecule has 0 radical (unpaired) electrons. The third-order valence-electron chi connectivity index (χ3n) is 9.03. The largest absolute Gasteiger partial charge is 0.274 e. The zero-order valence-electron chi connectivity index (χ0n) is 21.6. The highest BCUT2D eigenvalue weighted by atomic mass is 16.6. The molecule has 1 saturated carbocycles. The number of nitro groups is 2. The maximum Gasteiger partial charge on any atom is 0.271 e. The monoisotopic (exact) mass is 564 g/mol. The van der Waals surface area contributed by atoms with E-state index < -0.39 is 68.5 Å². The van der Waals surface area contributed by atoms with E-state index in [1.807, 2.05) is 0 Å². The quantitative estimate of drug-likeness (QED) is 0.197. The van der Waals surface area contributed by atoms with E-state index in [0.29, 0.717) is 5.56 Å². The summed E-state index contributed by atoms with van der Waals surface area (Å²) in [7, 11) is 0. The lowest BCUT2D eigenvalue weighted by atomic mass is 9.45. The van der Waals surface area contributed by atoms with Crippen LogP contribution in [-0.4, -0.2) is 33.5 Å². The van der Waals surface area contributed by atoms with Crippen molar-refractivity contribution < 1.29 is 29.0 Å². The molecule has 6 atom stereocenters. The molecular formula is C30H20N4O8. The standard InChI is InChI=1S/C30H20N4O8/c35-26-22-21-12-13-30(16-6-2-1-3-7-16,24(22)28(37)31(26)17-8-4-10-19(14-17)33(39)40)25-23(21)27(36)32(29(25)38)18-9-5-11-20(15-18)34(41)42/h1-15,21-25H/t21?,22-,23+,24-,25-,30?/m0/s1. The first-order valence-electron chi connectivity index (χ1n) is 13.2. The number of benzene rings is 3. The molecule has 2 heterocycles. The molecule has 208 valence electrons. The van der Waals surface area contributed by atoms with Gasteiger partial charge >= 0.3 is 0 Å². The SMILES string of the molecule is O=C1[C@@H]2C3C=CC(c4ccccc4)([C@@H]2C(=O)N1c1cccc([N+](=O)[O-])c1)[C@@H]1C(=O)N(c2cccc([N+](=O)[O-])c2)C(=O)[C@@H]31. The van der Waals surface area contributed by atoms with Crippen molar-refractivity contribution in [1.82, 2.24) is 0 Å². The molecule has 2 aliphatic heterocycles. The minimum absolute atomic E-state index is 0.0391. The van der Waals surface area contributed by atoms with Crippen molar-refractivity contribution in [2.75, 3.05) is 9.80 Å². The van der Waals surface area contributed by atoms with Gasteiger partial charge in [0, 0.05) is 35.6 Å². The summed E-state index contributed by atoms with van der Waals surface area (Å²) in [6.07, 6.45) is 3.47. The molecule has 2 bridgehead atoms. The molecule has 3 aromatic rings. The molecule has 0 N–H and O–H groups in total. The molecule has 42 heavy (non-hydrogen) atoms. The van der Waals surface area contributed by atoms with Gasteiger partial charge in [0.2, 0.25) is 23.6 Å². The van der Waals surface area contributed by atoms with Crippen LogP contribution in [0.25, 0.3) is 0 Å². The Morgan fingerprint density at radius 3 is 1.55 bits per heavy atom. The average Bonchev–Trinajstić information content (AvgIpc) is 3.44. The van der Waals surface area contributed by atoms with E-state index in [0.717, 1.165) is 21.9 Å². The van der Waals surface area contributed by atoms with Gasteiger partial charge in [-0.1, -0.05) is 54.6 Å². The van der Waals surface area contributed by atoms with Gasteiger partial charge in [0.05, 0.1) is 44.9 Å². The fourth-order valence-electron chi connectivity index (χ4n) is 7.48. The summed E-state index contributed by atoms with van der Waals surface area (Å²) in [6, 6.07) is 19.2. The number of amides is 4. The summed E-state index contributed by atoms with van der Waals surface area (Å²) in [5.41, 5.74) is -1.34. The fraction of sp³-hybridized carbons (Fsp3) is 0.200. The number of allylic oxidation sites excluding steroid dienone is 2. The fourth-order valence-corrected chi connectivity index (χ4v) is 7.48. The lowest BCUT2D eigenvalue weighted by Gasteiger charge is -2.53. The third-order valence-corrected chi connectivity index (χ3v) is 9.03. The number of hydrogen-bond acceptors (Lipinski definition) is 8. The van der Waals surface area contributed by atoms with Crippen molar-refractivity contribution in [3.8, 4) is 0 Å². The van der Waals surface area contributed by atoms with E-state index in [1.165, 1.54) is 36.4 Å². The van der Waals surface area contributed by atoms with Gasteiger partial charge in [0.15, 0.2) is 0 Å². The number of anilines is 2. The van der Waals surface area contributed by atoms with Crippen LogP contribution in [0.3, 0.4) is 0 Å². The van der Waals surface area contributed by atoms with Gasteiger partial charge in [-0.05, 0) is 17.7 Å². The molecule has 12 nitrogen and oxygen atoms in total. The molecule has 0 spiro atoms. The van der Waals surface area contributed by atoms with Gasteiger partial charge in [-0.3, -0.25) is 39.4 Å². The minimum Gasteiger partial charge on any atom is -0.274 e. The highest BCUT2D eigenvalue weighted by Gasteiger charge is 2.75.